The van der Waals surface area contributed by atoms with Gasteiger partial charge in [0, 0.05) is 6.54 Å². The molecule has 1 N–H and O–H groups in total. The molecule has 6 nitrogen and oxygen atoms in total. The molecule has 0 aliphatic carbocycles. The van der Waals surface area contributed by atoms with Gasteiger partial charge in [-0.3, -0.25) is 9.10 Å². The molecule has 0 fully saturated rings. The largest absolute Gasteiger partial charge is 0.491 e. The lowest BCUT2D eigenvalue weighted by Crippen LogP contribution is -2.49. The number of nitrogens with one attached hydrogen (secondary N) is 1. The maximum absolute atomic E-state index is 12.9. The Bertz CT molecular complexity index is 949. The van der Waals surface area contributed by atoms with Gasteiger partial charge in [0.25, 0.3) is 0 Å². The van der Waals surface area contributed by atoms with E-state index in [2.05, 4.69) is 5.32 Å². The number of carbonyl (C=O) groups excluding carboxylic acids is 1. The number of amides is 1. The molecule has 0 aromatic heterocycles. The van der Waals surface area contributed by atoms with Crippen molar-refractivity contribution in [3.05, 3.63) is 59.2 Å². The van der Waals surface area contributed by atoms with Crippen LogP contribution in [0.2, 0.25) is 0 Å². The standard InChI is InChI=1S/C23H32N2O4S/c1-7-22(25(30(6,27)28)20-13-17(4)12-18(5)14-20)23(26)24-15-19-8-10-21(11-9-19)29-16(2)3/h8-14,16,22H,7,15H2,1-6H3,(H,24,26)/t22-/m1/s1. The summed E-state index contributed by atoms with van der Waals surface area (Å²) in [6, 6.07) is 12.2. The predicted octanol–water partition coefficient (Wildman–Crippen LogP) is 3.95. The van der Waals surface area contributed by atoms with Crippen molar-refractivity contribution in [1.82, 2.24) is 5.32 Å². The minimum absolute atomic E-state index is 0.0908. The van der Waals surface area contributed by atoms with E-state index in [1.807, 2.05) is 65.0 Å². The predicted molar refractivity (Wildman–Crippen MR) is 121 cm³/mol. The number of ether oxygens (including phenoxy) is 1. The van der Waals surface area contributed by atoms with Crippen molar-refractivity contribution >= 4 is 21.6 Å². The van der Waals surface area contributed by atoms with Gasteiger partial charge in [0.1, 0.15) is 11.8 Å². The van der Waals surface area contributed by atoms with Crippen LogP contribution in [0, 0.1) is 13.8 Å². The maximum Gasteiger partial charge on any atom is 0.244 e. The van der Waals surface area contributed by atoms with Gasteiger partial charge in [-0.2, -0.15) is 0 Å². The Morgan fingerprint density at radius 1 is 1.07 bits per heavy atom. The van der Waals surface area contributed by atoms with Crippen LogP contribution < -0.4 is 14.4 Å². The van der Waals surface area contributed by atoms with E-state index in [-0.39, 0.29) is 12.0 Å². The van der Waals surface area contributed by atoms with Crippen molar-refractivity contribution < 1.29 is 17.9 Å². The highest BCUT2D eigenvalue weighted by Crippen LogP contribution is 2.25. The summed E-state index contributed by atoms with van der Waals surface area (Å²) in [6.45, 7) is 9.85. The summed E-state index contributed by atoms with van der Waals surface area (Å²) in [5.74, 6) is 0.439. The van der Waals surface area contributed by atoms with Crippen LogP contribution in [0.4, 0.5) is 5.69 Å². The number of anilines is 1. The fourth-order valence-corrected chi connectivity index (χ4v) is 4.60. The molecule has 0 bridgehead atoms. The van der Waals surface area contributed by atoms with E-state index in [9.17, 15) is 13.2 Å². The Morgan fingerprint density at radius 3 is 2.10 bits per heavy atom. The molecule has 0 radical (unpaired) electrons. The Balaban J connectivity index is 2.19. The molecule has 2 rings (SSSR count). The number of aryl methyl sites for hydroxylation is 2. The zero-order valence-corrected chi connectivity index (χ0v) is 19.4. The van der Waals surface area contributed by atoms with Crippen LogP contribution >= 0.6 is 0 Å². The molecule has 2 aromatic rings. The first kappa shape index (κ1) is 23.7. The maximum atomic E-state index is 12.9. The number of carbonyl (C=O) groups is 1. The number of hydrogen-bond acceptors (Lipinski definition) is 4. The first-order valence-electron chi connectivity index (χ1n) is 10.1. The lowest BCUT2D eigenvalue weighted by molar-refractivity contribution is -0.122. The van der Waals surface area contributed by atoms with Gasteiger partial charge >= 0.3 is 0 Å². The topological polar surface area (TPSA) is 75.7 Å². The van der Waals surface area contributed by atoms with E-state index in [0.717, 1.165) is 28.7 Å². The quantitative estimate of drug-likeness (QED) is 0.651. The molecule has 2 aromatic carbocycles. The van der Waals surface area contributed by atoms with E-state index < -0.39 is 16.1 Å². The number of nitrogens with zero attached hydrogens (tertiary/aromatic N) is 1. The molecule has 1 atom stereocenters. The monoisotopic (exact) mass is 432 g/mol. The highest BCUT2D eigenvalue weighted by molar-refractivity contribution is 7.92. The Kier molecular flexibility index (Phi) is 7.89. The van der Waals surface area contributed by atoms with Gasteiger partial charge in [-0.25, -0.2) is 8.42 Å². The molecule has 0 saturated heterocycles. The third-order valence-electron chi connectivity index (χ3n) is 4.55. The SMILES string of the molecule is CC[C@H](C(=O)NCc1ccc(OC(C)C)cc1)N(c1cc(C)cc(C)c1)S(C)(=O)=O. The van der Waals surface area contributed by atoms with Crippen LogP contribution in [0.15, 0.2) is 42.5 Å². The zero-order chi connectivity index (χ0) is 22.5. The molecule has 1 amide bonds. The van der Waals surface area contributed by atoms with Gasteiger partial charge in [0.2, 0.25) is 15.9 Å². The van der Waals surface area contributed by atoms with Crippen molar-refractivity contribution in [3.63, 3.8) is 0 Å². The van der Waals surface area contributed by atoms with Gasteiger partial charge < -0.3 is 10.1 Å². The van der Waals surface area contributed by atoms with Crippen LogP contribution in [0.3, 0.4) is 0 Å². The second kappa shape index (κ2) is 9.98. The van der Waals surface area contributed by atoms with Gasteiger partial charge in [-0.05, 0) is 75.1 Å². The molecule has 30 heavy (non-hydrogen) atoms. The smallest absolute Gasteiger partial charge is 0.244 e. The fraction of sp³-hybridized carbons (Fsp3) is 0.435. The summed E-state index contributed by atoms with van der Waals surface area (Å²) in [4.78, 5) is 12.9. The minimum Gasteiger partial charge on any atom is -0.491 e. The lowest BCUT2D eigenvalue weighted by atomic mass is 10.1. The Hall–Kier alpha value is -2.54. The molecular formula is C23H32N2O4S. The lowest BCUT2D eigenvalue weighted by Gasteiger charge is -2.30. The zero-order valence-electron chi connectivity index (χ0n) is 18.6. The molecule has 7 heteroatoms. The first-order valence-corrected chi connectivity index (χ1v) is 12.0. The number of benzene rings is 2. The summed E-state index contributed by atoms with van der Waals surface area (Å²) < 4.78 is 32.0. The second-order valence-corrected chi connectivity index (χ2v) is 9.72. The van der Waals surface area contributed by atoms with Crippen LogP contribution in [0.25, 0.3) is 0 Å². The average Bonchev–Trinajstić information content (AvgIpc) is 2.62. The Labute approximate surface area is 180 Å². The third-order valence-corrected chi connectivity index (χ3v) is 5.73. The fourth-order valence-electron chi connectivity index (χ4n) is 3.40. The van der Waals surface area contributed by atoms with E-state index >= 15 is 0 Å². The average molecular weight is 433 g/mol. The number of sulfonamides is 1. The van der Waals surface area contributed by atoms with Crippen LogP contribution in [-0.2, 0) is 21.4 Å². The van der Waals surface area contributed by atoms with Gasteiger partial charge in [0.05, 0.1) is 18.0 Å². The van der Waals surface area contributed by atoms with Crippen molar-refractivity contribution in [2.75, 3.05) is 10.6 Å². The number of hydrogen-bond donors (Lipinski definition) is 1. The molecule has 0 saturated carbocycles. The van der Waals surface area contributed by atoms with E-state index in [1.54, 1.807) is 12.1 Å². The highest BCUT2D eigenvalue weighted by Gasteiger charge is 2.31. The molecule has 0 heterocycles. The second-order valence-electron chi connectivity index (χ2n) is 7.86. The molecule has 0 aliphatic rings. The van der Waals surface area contributed by atoms with Gasteiger partial charge in [-0.15, -0.1) is 0 Å². The van der Waals surface area contributed by atoms with Crippen molar-refractivity contribution in [1.29, 1.82) is 0 Å². The molecular weight excluding hydrogens is 400 g/mol. The summed E-state index contributed by atoms with van der Waals surface area (Å²) >= 11 is 0. The summed E-state index contributed by atoms with van der Waals surface area (Å²) in [5.41, 5.74) is 3.30. The van der Waals surface area contributed by atoms with Crippen LogP contribution in [0.1, 0.15) is 43.9 Å². The first-order chi connectivity index (χ1) is 14.0. The molecule has 0 aliphatic heterocycles. The van der Waals surface area contributed by atoms with Crippen molar-refractivity contribution in [3.8, 4) is 5.75 Å². The van der Waals surface area contributed by atoms with Crippen LogP contribution in [-0.4, -0.2) is 32.7 Å². The normalized spacial score (nSPS) is 12.5. The summed E-state index contributed by atoms with van der Waals surface area (Å²) in [7, 11) is -3.65. The van der Waals surface area contributed by atoms with Crippen molar-refractivity contribution in [2.45, 2.75) is 59.7 Å². The molecule has 0 spiro atoms. The third kappa shape index (κ3) is 6.49. The molecule has 164 valence electrons. The Morgan fingerprint density at radius 2 is 1.63 bits per heavy atom. The van der Waals surface area contributed by atoms with E-state index in [1.165, 1.54) is 4.31 Å². The van der Waals surface area contributed by atoms with Gasteiger partial charge in [0.15, 0.2) is 0 Å². The highest BCUT2D eigenvalue weighted by atomic mass is 32.2. The summed E-state index contributed by atoms with van der Waals surface area (Å²) in [6.07, 6.45) is 1.58. The van der Waals surface area contributed by atoms with Crippen molar-refractivity contribution in [2.24, 2.45) is 0 Å². The minimum atomic E-state index is -3.65. The van der Waals surface area contributed by atoms with E-state index in [4.69, 9.17) is 4.74 Å². The van der Waals surface area contributed by atoms with E-state index in [0.29, 0.717) is 18.7 Å². The number of rotatable bonds is 9. The molecule has 0 unspecified atom stereocenters. The van der Waals surface area contributed by atoms with Gasteiger partial charge in [-0.1, -0.05) is 25.1 Å². The summed E-state index contributed by atoms with van der Waals surface area (Å²) in [5, 5.41) is 2.88. The van der Waals surface area contributed by atoms with Crippen LogP contribution in [0.5, 0.6) is 5.75 Å².